The minimum absolute atomic E-state index is 0.145. The molecule has 2 aromatic rings. The predicted octanol–water partition coefficient (Wildman–Crippen LogP) is 0.425. The van der Waals surface area contributed by atoms with E-state index < -0.39 is 5.97 Å². The number of imidazole rings is 1. The van der Waals surface area contributed by atoms with Gasteiger partial charge in [0.25, 0.3) is 0 Å². The summed E-state index contributed by atoms with van der Waals surface area (Å²) in [6, 6.07) is 1.69. The number of aliphatic carboxylic acids is 1. The van der Waals surface area contributed by atoms with Crippen molar-refractivity contribution in [1.82, 2.24) is 19.5 Å². The molecule has 0 fully saturated rings. The van der Waals surface area contributed by atoms with Gasteiger partial charge in [-0.1, -0.05) is 0 Å². The highest BCUT2D eigenvalue weighted by molar-refractivity contribution is 5.67. The fourth-order valence-corrected chi connectivity index (χ4v) is 1.20. The number of rotatable bonds is 3. The maximum absolute atomic E-state index is 10.6. The summed E-state index contributed by atoms with van der Waals surface area (Å²) in [5.41, 5.74) is 0. The predicted molar refractivity (Wildman–Crippen MR) is 50.9 cm³/mol. The van der Waals surface area contributed by atoms with Crippen molar-refractivity contribution in [2.75, 3.05) is 0 Å². The molecule has 6 nitrogen and oxygen atoms in total. The summed E-state index contributed by atoms with van der Waals surface area (Å²) in [7, 11) is 0. The van der Waals surface area contributed by atoms with Crippen molar-refractivity contribution < 1.29 is 9.90 Å². The highest BCUT2D eigenvalue weighted by Crippen LogP contribution is 2.10. The second-order valence-corrected chi connectivity index (χ2v) is 2.84. The lowest BCUT2D eigenvalue weighted by molar-refractivity contribution is -0.137. The molecule has 76 valence electrons. The lowest BCUT2D eigenvalue weighted by atomic mass is 10.5. The minimum atomic E-state index is -0.926. The number of hydrogen-bond acceptors (Lipinski definition) is 4. The lowest BCUT2D eigenvalue weighted by Crippen LogP contribution is -2.09. The molecular formula is C9H8N4O2. The third-order valence-corrected chi connectivity index (χ3v) is 1.79. The van der Waals surface area contributed by atoms with Gasteiger partial charge in [0.1, 0.15) is 6.54 Å². The van der Waals surface area contributed by atoms with Crippen molar-refractivity contribution in [2.24, 2.45) is 0 Å². The van der Waals surface area contributed by atoms with Crippen LogP contribution in [0.15, 0.2) is 30.9 Å². The molecule has 0 aliphatic carbocycles. The third-order valence-electron chi connectivity index (χ3n) is 1.79. The Hall–Kier alpha value is -2.24. The van der Waals surface area contributed by atoms with Gasteiger partial charge in [0, 0.05) is 24.8 Å². The molecule has 2 aromatic heterocycles. The molecule has 0 aliphatic heterocycles. The molecule has 0 spiro atoms. The molecule has 0 saturated carbocycles. The molecule has 0 atom stereocenters. The van der Waals surface area contributed by atoms with Crippen molar-refractivity contribution >= 4 is 5.97 Å². The Balaban J connectivity index is 2.37. The minimum Gasteiger partial charge on any atom is -0.480 e. The van der Waals surface area contributed by atoms with Crippen LogP contribution in [0.3, 0.4) is 0 Å². The standard InChI is InChI=1S/C9H8N4O2/c14-7(15)6-13-5-4-12-9(13)8-10-2-1-3-11-8/h1-5H,6H2,(H,14,15). The van der Waals surface area contributed by atoms with E-state index >= 15 is 0 Å². The van der Waals surface area contributed by atoms with E-state index in [0.29, 0.717) is 11.6 Å². The highest BCUT2D eigenvalue weighted by atomic mass is 16.4. The smallest absolute Gasteiger partial charge is 0.323 e. The second-order valence-electron chi connectivity index (χ2n) is 2.84. The number of carboxylic acids is 1. The van der Waals surface area contributed by atoms with Crippen LogP contribution in [0.1, 0.15) is 0 Å². The Bertz CT molecular complexity index is 466. The van der Waals surface area contributed by atoms with Crippen LogP contribution in [0.25, 0.3) is 11.6 Å². The first-order valence-corrected chi connectivity index (χ1v) is 4.27. The first-order valence-electron chi connectivity index (χ1n) is 4.27. The molecule has 0 unspecified atom stereocenters. The summed E-state index contributed by atoms with van der Waals surface area (Å²) in [4.78, 5) is 22.6. The Morgan fingerprint density at radius 3 is 2.67 bits per heavy atom. The van der Waals surface area contributed by atoms with Crippen LogP contribution in [0.5, 0.6) is 0 Å². The number of nitrogens with zero attached hydrogens (tertiary/aromatic N) is 4. The molecule has 0 radical (unpaired) electrons. The molecule has 0 saturated heterocycles. The molecule has 15 heavy (non-hydrogen) atoms. The zero-order valence-corrected chi connectivity index (χ0v) is 7.74. The van der Waals surface area contributed by atoms with E-state index in [9.17, 15) is 4.79 Å². The van der Waals surface area contributed by atoms with Crippen LogP contribution in [0.4, 0.5) is 0 Å². The van der Waals surface area contributed by atoms with Gasteiger partial charge in [-0.3, -0.25) is 4.79 Å². The molecule has 2 rings (SSSR count). The zero-order valence-electron chi connectivity index (χ0n) is 7.74. The number of carbonyl (C=O) groups is 1. The van der Waals surface area contributed by atoms with Gasteiger partial charge in [0.2, 0.25) is 0 Å². The Labute approximate surface area is 85.3 Å². The largest absolute Gasteiger partial charge is 0.480 e. The van der Waals surface area contributed by atoms with Crippen LogP contribution in [-0.4, -0.2) is 30.6 Å². The monoisotopic (exact) mass is 204 g/mol. The van der Waals surface area contributed by atoms with Crippen LogP contribution in [0.2, 0.25) is 0 Å². The van der Waals surface area contributed by atoms with Gasteiger partial charge < -0.3 is 9.67 Å². The molecule has 1 N–H and O–H groups in total. The number of aromatic nitrogens is 4. The van der Waals surface area contributed by atoms with E-state index in [1.807, 2.05) is 0 Å². The topological polar surface area (TPSA) is 80.9 Å². The fraction of sp³-hybridized carbons (Fsp3) is 0.111. The van der Waals surface area contributed by atoms with E-state index in [0.717, 1.165) is 0 Å². The average molecular weight is 204 g/mol. The van der Waals surface area contributed by atoms with Crippen molar-refractivity contribution in [3.05, 3.63) is 30.9 Å². The first-order chi connectivity index (χ1) is 7.27. The molecule has 0 bridgehead atoms. The molecule has 2 heterocycles. The maximum Gasteiger partial charge on any atom is 0.323 e. The summed E-state index contributed by atoms with van der Waals surface area (Å²) in [5, 5.41) is 8.67. The Morgan fingerprint density at radius 1 is 1.27 bits per heavy atom. The Morgan fingerprint density at radius 2 is 2.00 bits per heavy atom. The van der Waals surface area contributed by atoms with E-state index in [2.05, 4.69) is 15.0 Å². The van der Waals surface area contributed by atoms with Gasteiger partial charge in [-0.05, 0) is 6.07 Å². The van der Waals surface area contributed by atoms with Crippen molar-refractivity contribution in [1.29, 1.82) is 0 Å². The van der Waals surface area contributed by atoms with Gasteiger partial charge in [-0.15, -0.1) is 0 Å². The first kappa shape index (κ1) is 9.32. The fourth-order valence-electron chi connectivity index (χ4n) is 1.20. The third kappa shape index (κ3) is 1.98. The zero-order chi connectivity index (χ0) is 10.7. The quantitative estimate of drug-likeness (QED) is 0.783. The van der Waals surface area contributed by atoms with E-state index in [4.69, 9.17) is 5.11 Å². The summed E-state index contributed by atoms with van der Waals surface area (Å²) < 4.78 is 1.48. The summed E-state index contributed by atoms with van der Waals surface area (Å²) in [5.74, 6) is -0.0491. The van der Waals surface area contributed by atoms with Crippen molar-refractivity contribution in [3.8, 4) is 11.6 Å². The lowest BCUT2D eigenvalue weighted by Gasteiger charge is -2.02. The summed E-state index contributed by atoms with van der Waals surface area (Å²) in [6.45, 7) is -0.145. The average Bonchev–Trinajstić information content (AvgIpc) is 2.66. The second kappa shape index (κ2) is 3.87. The van der Waals surface area contributed by atoms with Gasteiger partial charge in [0.05, 0.1) is 0 Å². The normalized spacial score (nSPS) is 10.1. The van der Waals surface area contributed by atoms with Gasteiger partial charge >= 0.3 is 5.97 Å². The van der Waals surface area contributed by atoms with E-state index in [1.54, 1.807) is 24.7 Å². The Kier molecular flexibility index (Phi) is 2.40. The SMILES string of the molecule is O=C(O)Cn1ccnc1-c1ncccn1. The maximum atomic E-state index is 10.6. The molecule has 6 heteroatoms. The van der Waals surface area contributed by atoms with Gasteiger partial charge in [-0.2, -0.15) is 0 Å². The van der Waals surface area contributed by atoms with E-state index in [-0.39, 0.29) is 6.54 Å². The number of carboxylic acid groups (broad SMARTS) is 1. The van der Waals surface area contributed by atoms with Crippen LogP contribution in [-0.2, 0) is 11.3 Å². The molecule has 0 amide bonds. The van der Waals surface area contributed by atoms with Gasteiger partial charge in [-0.25, -0.2) is 15.0 Å². The van der Waals surface area contributed by atoms with Crippen LogP contribution >= 0.6 is 0 Å². The molecule has 0 aromatic carbocycles. The summed E-state index contributed by atoms with van der Waals surface area (Å²) in [6.07, 6.45) is 6.28. The number of hydrogen-bond donors (Lipinski definition) is 1. The van der Waals surface area contributed by atoms with Crippen LogP contribution < -0.4 is 0 Å². The van der Waals surface area contributed by atoms with Crippen molar-refractivity contribution in [3.63, 3.8) is 0 Å². The van der Waals surface area contributed by atoms with Gasteiger partial charge in [0.15, 0.2) is 11.6 Å². The van der Waals surface area contributed by atoms with Crippen molar-refractivity contribution in [2.45, 2.75) is 6.54 Å². The molecular weight excluding hydrogens is 196 g/mol. The summed E-state index contributed by atoms with van der Waals surface area (Å²) >= 11 is 0. The molecule has 0 aliphatic rings. The van der Waals surface area contributed by atoms with Crippen LogP contribution in [0, 0.1) is 0 Å². The van der Waals surface area contributed by atoms with E-state index in [1.165, 1.54) is 10.8 Å². The highest BCUT2D eigenvalue weighted by Gasteiger charge is 2.09.